The van der Waals surface area contributed by atoms with Gasteiger partial charge in [0.05, 0.1) is 6.20 Å². The third-order valence-corrected chi connectivity index (χ3v) is 2.38. The highest BCUT2D eigenvalue weighted by atomic mass is 16.5. The molecule has 0 fully saturated rings. The molecule has 1 heterocycles. The van der Waals surface area contributed by atoms with Gasteiger partial charge in [-0.15, -0.1) is 0 Å². The van der Waals surface area contributed by atoms with Crippen LogP contribution in [0, 0.1) is 0 Å². The molecule has 15 heavy (non-hydrogen) atoms. The van der Waals surface area contributed by atoms with Crippen molar-refractivity contribution in [2.75, 3.05) is 20.3 Å². The molecular formula is C11H21N3O. The van der Waals surface area contributed by atoms with Crippen molar-refractivity contribution in [2.45, 2.75) is 25.8 Å². The van der Waals surface area contributed by atoms with Gasteiger partial charge in [-0.05, 0) is 19.4 Å². The first-order valence-electron chi connectivity index (χ1n) is 5.48. The second-order valence-corrected chi connectivity index (χ2v) is 3.74. The van der Waals surface area contributed by atoms with Gasteiger partial charge >= 0.3 is 0 Å². The summed E-state index contributed by atoms with van der Waals surface area (Å²) in [4.78, 5) is 0. The van der Waals surface area contributed by atoms with Crippen molar-refractivity contribution < 1.29 is 4.74 Å². The van der Waals surface area contributed by atoms with Crippen LogP contribution >= 0.6 is 0 Å². The van der Waals surface area contributed by atoms with Crippen LogP contribution in [-0.2, 0) is 11.8 Å². The molecule has 0 aliphatic heterocycles. The van der Waals surface area contributed by atoms with Crippen LogP contribution < -0.4 is 5.32 Å². The largest absolute Gasteiger partial charge is 0.385 e. The number of ether oxygens (including phenoxy) is 1. The highest BCUT2D eigenvalue weighted by molar-refractivity contribution is 5.10. The minimum atomic E-state index is 0.360. The van der Waals surface area contributed by atoms with Gasteiger partial charge < -0.3 is 10.1 Å². The van der Waals surface area contributed by atoms with Gasteiger partial charge in [0, 0.05) is 38.6 Å². The maximum absolute atomic E-state index is 5.11. The lowest BCUT2D eigenvalue weighted by atomic mass is 10.1. The molecule has 4 heteroatoms. The van der Waals surface area contributed by atoms with Crippen LogP contribution in [-0.4, -0.2) is 30.0 Å². The summed E-state index contributed by atoms with van der Waals surface area (Å²) >= 11 is 0. The van der Waals surface area contributed by atoms with Crippen LogP contribution in [0.3, 0.4) is 0 Å². The molecule has 1 atom stereocenters. The highest BCUT2D eigenvalue weighted by Gasteiger charge is 2.11. The summed E-state index contributed by atoms with van der Waals surface area (Å²) in [6.45, 7) is 3.98. The van der Waals surface area contributed by atoms with Gasteiger partial charge in [0.15, 0.2) is 0 Å². The first kappa shape index (κ1) is 12.2. The van der Waals surface area contributed by atoms with Crippen molar-refractivity contribution in [3.63, 3.8) is 0 Å². The van der Waals surface area contributed by atoms with Gasteiger partial charge in [-0.1, -0.05) is 6.92 Å². The van der Waals surface area contributed by atoms with Crippen molar-refractivity contribution in [3.05, 3.63) is 18.0 Å². The van der Waals surface area contributed by atoms with Gasteiger partial charge in [-0.3, -0.25) is 4.68 Å². The zero-order valence-electron chi connectivity index (χ0n) is 9.86. The van der Waals surface area contributed by atoms with E-state index in [1.165, 1.54) is 5.56 Å². The Morgan fingerprint density at radius 3 is 2.93 bits per heavy atom. The predicted octanol–water partition coefficient (Wildman–Crippen LogP) is 1.50. The Balaban J connectivity index is 2.54. The molecule has 0 aliphatic carbocycles. The molecule has 1 N–H and O–H groups in total. The van der Waals surface area contributed by atoms with E-state index in [1.807, 2.05) is 17.9 Å². The third-order valence-electron chi connectivity index (χ3n) is 2.38. The van der Waals surface area contributed by atoms with Crippen molar-refractivity contribution in [1.29, 1.82) is 0 Å². The SMILES string of the molecule is CCCNC(CCOC)c1cnn(C)c1. The summed E-state index contributed by atoms with van der Waals surface area (Å²) in [6, 6.07) is 0.360. The van der Waals surface area contributed by atoms with Gasteiger partial charge in [0.2, 0.25) is 0 Å². The van der Waals surface area contributed by atoms with E-state index < -0.39 is 0 Å². The molecule has 1 aromatic rings. The number of aromatic nitrogens is 2. The molecule has 0 saturated carbocycles. The Labute approximate surface area is 91.6 Å². The standard InChI is InChI=1S/C11H21N3O/c1-4-6-12-11(5-7-15-3)10-8-13-14(2)9-10/h8-9,11-12H,4-7H2,1-3H3. The average molecular weight is 211 g/mol. The van der Waals surface area contributed by atoms with E-state index in [4.69, 9.17) is 4.74 Å². The van der Waals surface area contributed by atoms with Crippen LogP contribution in [0.5, 0.6) is 0 Å². The topological polar surface area (TPSA) is 39.1 Å². The Morgan fingerprint density at radius 2 is 2.40 bits per heavy atom. The first-order valence-corrected chi connectivity index (χ1v) is 5.48. The number of nitrogens with zero attached hydrogens (tertiary/aromatic N) is 2. The molecule has 0 aromatic carbocycles. The zero-order valence-corrected chi connectivity index (χ0v) is 9.86. The average Bonchev–Trinajstić information content (AvgIpc) is 2.65. The van der Waals surface area contributed by atoms with Crippen molar-refractivity contribution in [2.24, 2.45) is 7.05 Å². The minimum Gasteiger partial charge on any atom is -0.385 e. The summed E-state index contributed by atoms with van der Waals surface area (Å²) in [6.07, 6.45) is 6.11. The molecule has 0 spiro atoms. The van der Waals surface area contributed by atoms with Crippen LogP contribution in [0.2, 0.25) is 0 Å². The molecule has 0 saturated heterocycles. The normalized spacial score (nSPS) is 13.0. The molecule has 0 bridgehead atoms. The van der Waals surface area contributed by atoms with Crippen molar-refractivity contribution in [1.82, 2.24) is 15.1 Å². The zero-order chi connectivity index (χ0) is 11.1. The summed E-state index contributed by atoms with van der Waals surface area (Å²) < 4.78 is 6.95. The second-order valence-electron chi connectivity index (χ2n) is 3.74. The number of hydrogen-bond donors (Lipinski definition) is 1. The van der Waals surface area contributed by atoms with Gasteiger partial charge in [0.25, 0.3) is 0 Å². The van der Waals surface area contributed by atoms with Crippen LogP contribution in [0.15, 0.2) is 12.4 Å². The summed E-state index contributed by atoms with van der Waals surface area (Å²) in [7, 11) is 3.68. The Morgan fingerprint density at radius 1 is 1.60 bits per heavy atom. The van der Waals surface area contributed by atoms with E-state index in [1.54, 1.807) is 7.11 Å². The Bertz CT molecular complexity index is 265. The lowest BCUT2D eigenvalue weighted by Gasteiger charge is -2.16. The molecule has 0 radical (unpaired) electrons. The Hall–Kier alpha value is -0.870. The smallest absolute Gasteiger partial charge is 0.0537 e. The van der Waals surface area contributed by atoms with Crippen LogP contribution in [0.25, 0.3) is 0 Å². The van der Waals surface area contributed by atoms with Crippen LogP contribution in [0.4, 0.5) is 0 Å². The van der Waals surface area contributed by atoms with E-state index in [0.29, 0.717) is 6.04 Å². The van der Waals surface area contributed by atoms with E-state index in [9.17, 15) is 0 Å². The number of methoxy groups -OCH3 is 1. The van der Waals surface area contributed by atoms with Crippen molar-refractivity contribution >= 4 is 0 Å². The molecule has 0 aliphatic rings. The highest BCUT2D eigenvalue weighted by Crippen LogP contribution is 2.15. The predicted molar refractivity (Wildman–Crippen MR) is 60.7 cm³/mol. The molecule has 86 valence electrons. The molecule has 4 nitrogen and oxygen atoms in total. The maximum atomic E-state index is 5.11. The molecule has 0 amide bonds. The van der Waals surface area contributed by atoms with E-state index in [0.717, 1.165) is 26.0 Å². The monoisotopic (exact) mass is 211 g/mol. The fourth-order valence-electron chi connectivity index (χ4n) is 1.56. The molecule has 1 unspecified atom stereocenters. The number of aryl methyl sites for hydroxylation is 1. The summed E-state index contributed by atoms with van der Waals surface area (Å²) in [5.41, 5.74) is 1.24. The van der Waals surface area contributed by atoms with Gasteiger partial charge in [-0.2, -0.15) is 5.10 Å². The van der Waals surface area contributed by atoms with E-state index in [-0.39, 0.29) is 0 Å². The molecule has 1 aromatic heterocycles. The second kappa shape index (κ2) is 6.58. The third kappa shape index (κ3) is 4.01. The quantitative estimate of drug-likeness (QED) is 0.743. The maximum Gasteiger partial charge on any atom is 0.0537 e. The lowest BCUT2D eigenvalue weighted by molar-refractivity contribution is 0.183. The number of hydrogen-bond acceptors (Lipinski definition) is 3. The first-order chi connectivity index (χ1) is 7.27. The lowest BCUT2D eigenvalue weighted by Crippen LogP contribution is -2.23. The fourth-order valence-corrected chi connectivity index (χ4v) is 1.56. The molecule has 1 rings (SSSR count). The number of nitrogens with one attached hydrogen (secondary N) is 1. The van der Waals surface area contributed by atoms with E-state index in [2.05, 4.69) is 23.5 Å². The van der Waals surface area contributed by atoms with E-state index >= 15 is 0 Å². The van der Waals surface area contributed by atoms with Crippen molar-refractivity contribution in [3.8, 4) is 0 Å². The Kier molecular flexibility index (Phi) is 5.36. The van der Waals surface area contributed by atoms with Gasteiger partial charge in [0.1, 0.15) is 0 Å². The fraction of sp³-hybridized carbons (Fsp3) is 0.727. The minimum absolute atomic E-state index is 0.360. The van der Waals surface area contributed by atoms with Crippen LogP contribution in [0.1, 0.15) is 31.4 Å². The molecular weight excluding hydrogens is 190 g/mol. The summed E-state index contributed by atoms with van der Waals surface area (Å²) in [5.74, 6) is 0. The van der Waals surface area contributed by atoms with Gasteiger partial charge in [-0.25, -0.2) is 0 Å². The number of rotatable bonds is 7. The summed E-state index contributed by atoms with van der Waals surface area (Å²) in [5, 5.41) is 7.69.